The van der Waals surface area contributed by atoms with Gasteiger partial charge < -0.3 is 10.4 Å². The molecule has 2 rings (SSSR count). The number of amides is 1. The van der Waals surface area contributed by atoms with E-state index in [9.17, 15) is 9.59 Å². The van der Waals surface area contributed by atoms with Crippen LogP contribution in [0.1, 0.15) is 41.6 Å². The summed E-state index contributed by atoms with van der Waals surface area (Å²) in [6, 6.07) is 5.14. The second-order valence-electron chi connectivity index (χ2n) is 5.28. The Labute approximate surface area is 123 Å². The first kappa shape index (κ1) is 14.9. The zero-order valence-electron chi connectivity index (χ0n) is 11.4. The average molecular weight is 296 g/mol. The van der Waals surface area contributed by atoms with Crippen LogP contribution in [0.4, 0.5) is 0 Å². The third-order valence-corrected chi connectivity index (χ3v) is 4.28. The van der Waals surface area contributed by atoms with Crippen LogP contribution >= 0.6 is 11.6 Å². The van der Waals surface area contributed by atoms with E-state index in [-0.39, 0.29) is 17.9 Å². The molecule has 0 spiro atoms. The molecule has 0 aromatic heterocycles. The van der Waals surface area contributed by atoms with Gasteiger partial charge in [-0.1, -0.05) is 24.1 Å². The highest BCUT2D eigenvalue weighted by atomic mass is 35.5. The molecule has 108 valence electrons. The van der Waals surface area contributed by atoms with Crippen LogP contribution < -0.4 is 5.32 Å². The van der Waals surface area contributed by atoms with Crippen molar-refractivity contribution in [3.05, 3.63) is 34.3 Å². The molecule has 0 bridgehead atoms. The van der Waals surface area contributed by atoms with Crippen molar-refractivity contribution in [3.63, 3.8) is 0 Å². The maximum atomic E-state index is 12.2. The minimum absolute atomic E-state index is 0.0734. The molecule has 5 heteroatoms. The van der Waals surface area contributed by atoms with Crippen LogP contribution in [0.2, 0.25) is 5.02 Å². The van der Waals surface area contributed by atoms with Crippen LogP contribution in [-0.2, 0) is 4.79 Å². The second kappa shape index (κ2) is 6.27. The van der Waals surface area contributed by atoms with Crippen molar-refractivity contribution in [1.82, 2.24) is 5.32 Å². The number of halogens is 1. The number of hydrogen-bond acceptors (Lipinski definition) is 2. The van der Waals surface area contributed by atoms with Crippen molar-refractivity contribution in [2.75, 3.05) is 0 Å². The number of rotatable bonds is 3. The van der Waals surface area contributed by atoms with E-state index in [0.29, 0.717) is 23.4 Å². The molecule has 1 saturated carbocycles. The molecule has 0 aliphatic heterocycles. The Hall–Kier alpha value is -1.55. The van der Waals surface area contributed by atoms with E-state index in [1.807, 2.05) is 0 Å². The van der Waals surface area contributed by atoms with Gasteiger partial charge >= 0.3 is 5.97 Å². The number of carbonyl (C=O) groups excluding carboxylic acids is 1. The molecular weight excluding hydrogens is 278 g/mol. The van der Waals surface area contributed by atoms with Crippen LogP contribution in [0.25, 0.3) is 0 Å². The zero-order chi connectivity index (χ0) is 14.7. The first-order valence-corrected chi connectivity index (χ1v) is 7.15. The average Bonchev–Trinajstić information content (AvgIpc) is 2.42. The fourth-order valence-electron chi connectivity index (χ4n) is 2.66. The summed E-state index contributed by atoms with van der Waals surface area (Å²) in [5, 5.41) is 12.5. The van der Waals surface area contributed by atoms with Crippen LogP contribution in [0.15, 0.2) is 18.2 Å². The van der Waals surface area contributed by atoms with E-state index < -0.39 is 5.97 Å². The molecule has 4 nitrogen and oxygen atoms in total. The number of carbonyl (C=O) groups is 2. The molecule has 0 saturated heterocycles. The SMILES string of the molecule is Cc1c(Cl)cccc1C(=O)NC1CCCC(C(=O)O)C1. The lowest BCUT2D eigenvalue weighted by molar-refractivity contribution is -0.143. The summed E-state index contributed by atoms with van der Waals surface area (Å²) in [6.07, 6.45) is 2.85. The zero-order valence-corrected chi connectivity index (χ0v) is 12.1. The highest BCUT2D eigenvalue weighted by Crippen LogP contribution is 2.25. The van der Waals surface area contributed by atoms with Gasteiger partial charge in [-0.3, -0.25) is 9.59 Å². The molecular formula is C15H18ClNO3. The largest absolute Gasteiger partial charge is 0.481 e. The van der Waals surface area contributed by atoms with Gasteiger partial charge in [-0.15, -0.1) is 0 Å². The van der Waals surface area contributed by atoms with Gasteiger partial charge in [0.25, 0.3) is 5.91 Å². The van der Waals surface area contributed by atoms with Crippen LogP contribution in [0, 0.1) is 12.8 Å². The van der Waals surface area contributed by atoms with E-state index in [1.54, 1.807) is 25.1 Å². The van der Waals surface area contributed by atoms with Gasteiger partial charge in [0.15, 0.2) is 0 Å². The number of carboxylic acid groups (broad SMARTS) is 1. The normalized spacial score (nSPS) is 22.3. The Balaban J connectivity index is 2.04. The first-order chi connectivity index (χ1) is 9.49. The Morgan fingerprint density at radius 1 is 1.35 bits per heavy atom. The predicted octanol–water partition coefficient (Wildman–Crippen LogP) is 3.02. The van der Waals surface area contributed by atoms with Crippen molar-refractivity contribution >= 4 is 23.5 Å². The third-order valence-electron chi connectivity index (χ3n) is 3.87. The maximum Gasteiger partial charge on any atom is 0.306 e. The maximum absolute atomic E-state index is 12.2. The van der Waals surface area contributed by atoms with E-state index >= 15 is 0 Å². The summed E-state index contributed by atoms with van der Waals surface area (Å²) < 4.78 is 0. The number of nitrogens with one attached hydrogen (secondary N) is 1. The molecule has 1 amide bonds. The van der Waals surface area contributed by atoms with Crippen LogP contribution in [-0.4, -0.2) is 23.0 Å². The van der Waals surface area contributed by atoms with E-state index in [4.69, 9.17) is 16.7 Å². The summed E-state index contributed by atoms with van der Waals surface area (Å²) in [5.74, 6) is -1.31. The fourth-order valence-corrected chi connectivity index (χ4v) is 2.84. The Morgan fingerprint density at radius 3 is 2.80 bits per heavy atom. The predicted molar refractivity (Wildman–Crippen MR) is 77.0 cm³/mol. The van der Waals surface area contributed by atoms with Crippen molar-refractivity contribution < 1.29 is 14.7 Å². The smallest absolute Gasteiger partial charge is 0.306 e. The molecule has 1 fully saturated rings. The number of benzene rings is 1. The molecule has 0 heterocycles. The number of carboxylic acids is 1. The van der Waals surface area contributed by atoms with Crippen LogP contribution in [0.5, 0.6) is 0 Å². The lowest BCUT2D eigenvalue weighted by atomic mass is 9.85. The molecule has 1 aliphatic rings. The number of aliphatic carboxylic acids is 1. The molecule has 2 atom stereocenters. The van der Waals surface area contributed by atoms with Crippen molar-refractivity contribution in [3.8, 4) is 0 Å². The van der Waals surface area contributed by atoms with Crippen molar-refractivity contribution in [2.45, 2.75) is 38.6 Å². The Morgan fingerprint density at radius 2 is 2.10 bits per heavy atom. The van der Waals surface area contributed by atoms with Gasteiger partial charge in [-0.05, 0) is 43.9 Å². The van der Waals surface area contributed by atoms with Gasteiger partial charge in [0.1, 0.15) is 0 Å². The first-order valence-electron chi connectivity index (χ1n) is 6.78. The van der Waals surface area contributed by atoms with Crippen molar-refractivity contribution in [2.24, 2.45) is 5.92 Å². The quantitative estimate of drug-likeness (QED) is 0.901. The van der Waals surface area contributed by atoms with Gasteiger partial charge in [-0.2, -0.15) is 0 Å². The number of hydrogen-bond donors (Lipinski definition) is 2. The van der Waals surface area contributed by atoms with E-state index in [0.717, 1.165) is 18.4 Å². The highest BCUT2D eigenvalue weighted by Gasteiger charge is 2.28. The Bertz CT molecular complexity index is 530. The monoisotopic (exact) mass is 295 g/mol. The summed E-state index contributed by atoms with van der Waals surface area (Å²) in [6.45, 7) is 1.80. The minimum atomic E-state index is -0.775. The highest BCUT2D eigenvalue weighted by molar-refractivity contribution is 6.31. The molecule has 20 heavy (non-hydrogen) atoms. The van der Waals surface area contributed by atoms with E-state index in [1.165, 1.54) is 0 Å². The lowest BCUT2D eigenvalue weighted by Gasteiger charge is -2.27. The molecule has 0 radical (unpaired) electrons. The van der Waals surface area contributed by atoms with Crippen LogP contribution in [0.3, 0.4) is 0 Å². The minimum Gasteiger partial charge on any atom is -0.481 e. The second-order valence-corrected chi connectivity index (χ2v) is 5.69. The molecule has 1 aliphatic carbocycles. The molecule has 2 unspecified atom stereocenters. The summed E-state index contributed by atoms with van der Waals surface area (Å²) in [7, 11) is 0. The van der Waals surface area contributed by atoms with Gasteiger partial charge in [0, 0.05) is 16.6 Å². The topological polar surface area (TPSA) is 66.4 Å². The molecule has 1 aromatic rings. The summed E-state index contributed by atoms with van der Waals surface area (Å²) in [5.41, 5.74) is 1.30. The third kappa shape index (κ3) is 3.31. The standard InChI is InChI=1S/C15H18ClNO3/c1-9-12(6-3-7-13(9)16)14(18)17-11-5-2-4-10(8-11)15(19)20/h3,6-7,10-11H,2,4-5,8H2,1H3,(H,17,18)(H,19,20). The van der Waals surface area contributed by atoms with E-state index in [2.05, 4.69) is 5.32 Å². The van der Waals surface area contributed by atoms with Gasteiger partial charge in [-0.25, -0.2) is 0 Å². The molecule has 1 aromatic carbocycles. The summed E-state index contributed by atoms with van der Waals surface area (Å²) in [4.78, 5) is 23.3. The lowest BCUT2D eigenvalue weighted by Crippen LogP contribution is -2.40. The van der Waals surface area contributed by atoms with Crippen molar-refractivity contribution in [1.29, 1.82) is 0 Å². The fraction of sp³-hybridized carbons (Fsp3) is 0.467. The van der Waals surface area contributed by atoms with Gasteiger partial charge in [0.2, 0.25) is 0 Å². The molecule has 2 N–H and O–H groups in total. The Kier molecular flexibility index (Phi) is 4.65. The van der Waals surface area contributed by atoms with Gasteiger partial charge in [0.05, 0.1) is 5.92 Å². The summed E-state index contributed by atoms with van der Waals surface area (Å²) >= 11 is 6.01.